The third-order valence-electron chi connectivity index (χ3n) is 7.09. The van der Waals surface area contributed by atoms with E-state index in [1.54, 1.807) is 0 Å². The van der Waals surface area contributed by atoms with Gasteiger partial charge >= 0.3 is 11.9 Å². The fourth-order valence-electron chi connectivity index (χ4n) is 5.01. The van der Waals surface area contributed by atoms with Gasteiger partial charge in [-0.3, -0.25) is 9.69 Å². The van der Waals surface area contributed by atoms with Crippen LogP contribution < -0.4 is 10.2 Å². The van der Waals surface area contributed by atoms with E-state index in [1.807, 2.05) is 24.4 Å². The Hall–Kier alpha value is -3.46. The lowest BCUT2D eigenvalue weighted by atomic mass is 9.75. The summed E-state index contributed by atoms with van der Waals surface area (Å²) in [5, 5.41) is 17.9. The molecule has 36 heavy (non-hydrogen) atoms. The van der Waals surface area contributed by atoms with Crippen LogP contribution in [0.25, 0.3) is 0 Å². The number of nitrogens with one attached hydrogen (secondary N) is 1. The lowest BCUT2D eigenvalue weighted by molar-refractivity contribution is -0.159. The first-order chi connectivity index (χ1) is 17.4. The zero-order chi connectivity index (χ0) is 26.0. The summed E-state index contributed by atoms with van der Waals surface area (Å²) in [7, 11) is 0. The molecule has 1 aromatic heterocycles. The van der Waals surface area contributed by atoms with E-state index < -0.39 is 11.9 Å². The highest BCUT2D eigenvalue weighted by molar-refractivity contribution is 6.27. The largest absolute Gasteiger partial charge is 0.473 e. The molecule has 3 heterocycles. The maximum Gasteiger partial charge on any atom is 0.414 e. The second-order valence-electron chi connectivity index (χ2n) is 9.23. The number of benzene rings is 1. The van der Waals surface area contributed by atoms with Crippen molar-refractivity contribution in [2.45, 2.75) is 50.9 Å². The minimum atomic E-state index is -1.82. The molecule has 9 heteroatoms. The molecule has 0 bridgehead atoms. The van der Waals surface area contributed by atoms with Crippen LogP contribution in [-0.2, 0) is 19.8 Å². The van der Waals surface area contributed by atoms with Crippen LogP contribution in [0.2, 0.25) is 0 Å². The van der Waals surface area contributed by atoms with Crippen LogP contribution in [0.1, 0.15) is 51.0 Å². The minimum absolute atomic E-state index is 0.192. The molecule has 1 aromatic carbocycles. The minimum Gasteiger partial charge on any atom is -0.473 e. The standard InChI is InChI=1S/C25H34N4O.C2H2O4/c1-2-25(21-11-5-6-12-22(21)27-24(25)30)14-8-3-4-10-16-28-17-19-29(20-18-28)23-13-7-9-15-26-23;3-1(4)2(5)6/h5-7,9,11-13,15H,2-4,8,10,14,16-20H2,1H3,(H,27,30);(H,3,4)(H,5,6). The number of carboxylic acids is 2. The fourth-order valence-corrected chi connectivity index (χ4v) is 5.01. The summed E-state index contributed by atoms with van der Waals surface area (Å²) >= 11 is 0. The number of piperazine rings is 1. The summed E-state index contributed by atoms with van der Waals surface area (Å²) in [5.74, 6) is -2.36. The van der Waals surface area contributed by atoms with E-state index in [2.05, 4.69) is 51.3 Å². The number of nitrogens with zero attached hydrogens (tertiary/aromatic N) is 3. The summed E-state index contributed by atoms with van der Waals surface area (Å²) < 4.78 is 0. The fraction of sp³-hybridized carbons (Fsp3) is 0.481. The zero-order valence-corrected chi connectivity index (χ0v) is 20.9. The van der Waals surface area contributed by atoms with Crippen LogP contribution >= 0.6 is 0 Å². The topological polar surface area (TPSA) is 123 Å². The first-order valence-electron chi connectivity index (χ1n) is 12.6. The van der Waals surface area contributed by atoms with Gasteiger partial charge in [-0.05, 0) is 49.6 Å². The maximum absolute atomic E-state index is 12.7. The van der Waals surface area contributed by atoms with Gasteiger partial charge in [-0.25, -0.2) is 14.6 Å². The Kier molecular flexibility index (Phi) is 9.81. The van der Waals surface area contributed by atoms with Crippen LogP contribution in [0.15, 0.2) is 48.7 Å². The summed E-state index contributed by atoms with van der Waals surface area (Å²) in [6.07, 6.45) is 8.49. The van der Waals surface area contributed by atoms with Gasteiger partial charge in [-0.1, -0.05) is 50.5 Å². The predicted octanol–water partition coefficient (Wildman–Crippen LogP) is 3.61. The number of carbonyl (C=O) groups excluding carboxylic acids is 1. The van der Waals surface area contributed by atoms with Crippen molar-refractivity contribution in [2.75, 3.05) is 42.9 Å². The normalized spacial score (nSPS) is 19.1. The SMILES string of the molecule is CCC1(CCCCCCN2CCN(c3ccccn3)CC2)C(=O)Nc2ccccc21.O=C(O)C(=O)O. The molecule has 0 radical (unpaired) electrons. The van der Waals surface area contributed by atoms with Crippen LogP contribution in [0.4, 0.5) is 11.5 Å². The van der Waals surface area contributed by atoms with Crippen molar-refractivity contribution in [3.05, 3.63) is 54.2 Å². The van der Waals surface area contributed by atoms with E-state index in [9.17, 15) is 4.79 Å². The molecule has 1 fully saturated rings. The van der Waals surface area contributed by atoms with E-state index in [0.29, 0.717) is 0 Å². The number of aliphatic carboxylic acids is 2. The van der Waals surface area contributed by atoms with Crippen molar-refractivity contribution in [1.82, 2.24) is 9.88 Å². The number of fused-ring (bicyclic) bond motifs is 1. The van der Waals surface area contributed by atoms with Gasteiger partial charge in [0, 0.05) is 38.1 Å². The third kappa shape index (κ3) is 6.81. The van der Waals surface area contributed by atoms with Gasteiger partial charge in [0.2, 0.25) is 5.91 Å². The van der Waals surface area contributed by atoms with Gasteiger partial charge in [0.1, 0.15) is 5.82 Å². The first-order valence-corrected chi connectivity index (χ1v) is 12.6. The van der Waals surface area contributed by atoms with Crippen molar-refractivity contribution in [1.29, 1.82) is 0 Å². The molecule has 3 N–H and O–H groups in total. The lowest BCUT2D eigenvalue weighted by Gasteiger charge is -2.35. The van der Waals surface area contributed by atoms with E-state index in [-0.39, 0.29) is 11.3 Å². The summed E-state index contributed by atoms with van der Waals surface area (Å²) in [5.41, 5.74) is 1.88. The van der Waals surface area contributed by atoms with Crippen molar-refractivity contribution in [3.63, 3.8) is 0 Å². The number of aromatic nitrogens is 1. The van der Waals surface area contributed by atoms with Crippen LogP contribution in [-0.4, -0.2) is 70.7 Å². The highest BCUT2D eigenvalue weighted by atomic mass is 16.4. The highest BCUT2D eigenvalue weighted by Gasteiger charge is 2.44. The number of anilines is 2. The molecule has 0 aliphatic carbocycles. The number of carboxylic acid groups (broad SMARTS) is 2. The number of hydrogen-bond acceptors (Lipinski definition) is 6. The predicted molar refractivity (Wildman–Crippen MR) is 138 cm³/mol. The van der Waals surface area contributed by atoms with Crippen LogP contribution in [0.5, 0.6) is 0 Å². The Morgan fingerprint density at radius 1 is 0.944 bits per heavy atom. The van der Waals surface area contributed by atoms with E-state index in [1.165, 1.54) is 31.4 Å². The molecule has 2 aromatic rings. The molecular weight excluding hydrogens is 460 g/mol. The second-order valence-corrected chi connectivity index (χ2v) is 9.23. The molecule has 1 amide bonds. The molecule has 1 saturated heterocycles. The van der Waals surface area contributed by atoms with Crippen molar-refractivity contribution in [2.24, 2.45) is 0 Å². The number of para-hydroxylation sites is 1. The quantitative estimate of drug-likeness (QED) is 0.355. The molecule has 2 aliphatic heterocycles. The van der Waals surface area contributed by atoms with Gasteiger partial charge in [-0.15, -0.1) is 0 Å². The molecule has 0 saturated carbocycles. The summed E-state index contributed by atoms with van der Waals surface area (Å²) in [6.45, 7) is 7.68. The van der Waals surface area contributed by atoms with Crippen molar-refractivity contribution in [3.8, 4) is 0 Å². The Morgan fingerprint density at radius 3 is 2.25 bits per heavy atom. The molecule has 9 nitrogen and oxygen atoms in total. The smallest absolute Gasteiger partial charge is 0.414 e. The number of pyridine rings is 1. The average Bonchev–Trinajstić information content (AvgIpc) is 3.18. The van der Waals surface area contributed by atoms with Gasteiger partial charge in [0.05, 0.1) is 5.41 Å². The molecule has 4 rings (SSSR count). The highest BCUT2D eigenvalue weighted by Crippen LogP contribution is 2.43. The van der Waals surface area contributed by atoms with Crippen molar-refractivity contribution >= 4 is 29.4 Å². The Balaban J connectivity index is 0.000000538. The second kappa shape index (κ2) is 13.0. The van der Waals surface area contributed by atoms with E-state index >= 15 is 0 Å². The molecular formula is C27H36N4O5. The van der Waals surface area contributed by atoms with Gasteiger partial charge in [0.15, 0.2) is 0 Å². The first kappa shape index (κ1) is 27.1. The zero-order valence-electron chi connectivity index (χ0n) is 20.9. The van der Waals surface area contributed by atoms with Gasteiger partial charge in [-0.2, -0.15) is 0 Å². The van der Waals surface area contributed by atoms with Gasteiger partial charge in [0.25, 0.3) is 0 Å². The molecule has 2 aliphatic rings. The molecule has 0 spiro atoms. The number of rotatable bonds is 9. The van der Waals surface area contributed by atoms with Crippen molar-refractivity contribution < 1.29 is 24.6 Å². The van der Waals surface area contributed by atoms with Gasteiger partial charge < -0.3 is 20.4 Å². The Bertz CT molecular complexity index is 1010. The number of carbonyl (C=O) groups is 3. The summed E-state index contributed by atoms with van der Waals surface area (Å²) in [6, 6.07) is 14.3. The average molecular weight is 497 g/mol. The lowest BCUT2D eigenvalue weighted by Crippen LogP contribution is -2.46. The summed E-state index contributed by atoms with van der Waals surface area (Å²) in [4.78, 5) is 40.3. The maximum atomic E-state index is 12.7. The number of amides is 1. The van der Waals surface area contributed by atoms with E-state index in [4.69, 9.17) is 19.8 Å². The molecule has 1 unspecified atom stereocenters. The number of unbranched alkanes of at least 4 members (excludes halogenated alkanes) is 3. The monoisotopic (exact) mass is 496 g/mol. The Labute approximate surface area is 212 Å². The van der Waals surface area contributed by atoms with Crippen LogP contribution in [0, 0.1) is 0 Å². The molecule has 194 valence electrons. The Morgan fingerprint density at radius 2 is 1.61 bits per heavy atom. The third-order valence-corrected chi connectivity index (χ3v) is 7.09. The molecule has 1 atom stereocenters. The number of hydrogen-bond donors (Lipinski definition) is 3. The van der Waals surface area contributed by atoms with E-state index in [0.717, 1.165) is 56.9 Å². The van der Waals surface area contributed by atoms with Crippen LogP contribution in [0.3, 0.4) is 0 Å².